The minimum absolute atomic E-state index is 0.146. The number of rotatable bonds is 7. The summed E-state index contributed by atoms with van der Waals surface area (Å²) in [5.74, 6) is -1.42. The molecular formula is C19H25ClN2O5. The van der Waals surface area contributed by atoms with Gasteiger partial charge in [-0.3, -0.25) is 9.59 Å². The van der Waals surface area contributed by atoms with Gasteiger partial charge in [0.15, 0.2) is 6.61 Å². The van der Waals surface area contributed by atoms with E-state index >= 15 is 0 Å². The molecule has 1 fully saturated rings. The molecule has 1 aromatic carbocycles. The van der Waals surface area contributed by atoms with Gasteiger partial charge >= 0.3 is 5.97 Å². The Balaban J connectivity index is 1.95. The molecule has 2 unspecified atom stereocenters. The summed E-state index contributed by atoms with van der Waals surface area (Å²) in [6, 6.07) is 5.54. The Bertz CT molecular complexity index is 659. The van der Waals surface area contributed by atoms with Crippen LogP contribution < -0.4 is 5.32 Å². The molecule has 1 N–H and O–H groups in total. The molecule has 148 valence electrons. The van der Waals surface area contributed by atoms with Gasteiger partial charge in [0.05, 0.1) is 13.2 Å². The number of esters is 1. The molecule has 0 aromatic heterocycles. The molecule has 1 aliphatic heterocycles. The van der Waals surface area contributed by atoms with Gasteiger partial charge in [0.25, 0.3) is 11.8 Å². The lowest BCUT2D eigenvalue weighted by Gasteiger charge is -2.27. The van der Waals surface area contributed by atoms with Crippen LogP contribution in [0.25, 0.3) is 0 Å². The maximum atomic E-state index is 12.5. The third kappa shape index (κ3) is 6.22. The van der Waals surface area contributed by atoms with E-state index in [0.29, 0.717) is 43.3 Å². The van der Waals surface area contributed by atoms with E-state index in [4.69, 9.17) is 21.1 Å². The lowest BCUT2D eigenvalue weighted by molar-refractivity contribution is -0.156. The largest absolute Gasteiger partial charge is 0.454 e. The molecule has 2 atom stereocenters. The van der Waals surface area contributed by atoms with Crippen LogP contribution in [0, 0.1) is 5.92 Å². The molecule has 1 aromatic rings. The second-order valence-electron chi connectivity index (χ2n) is 6.44. The number of morpholine rings is 1. The van der Waals surface area contributed by atoms with Gasteiger partial charge in [0.2, 0.25) is 0 Å². The van der Waals surface area contributed by atoms with Crippen molar-refractivity contribution in [2.75, 3.05) is 32.9 Å². The summed E-state index contributed by atoms with van der Waals surface area (Å²) in [6.45, 7) is 5.34. The molecule has 1 saturated heterocycles. The smallest absolute Gasteiger partial charge is 0.329 e. The van der Waals surface area contributed by atoms with Crippen LogP contribution in [-0.2, 0) is 19.1 Å². The quantitative estimate of drug-likeness (QED) is 0.711. The van der Waals surface area contributed by atoms with Crippen molar-refractivity contribution in [2.24, 2.45) is 5.92 Å². The number of amides is 2. The van der Waals surface area contributed by atoms with Gasteiger partial charge in [-0.15, -0.1) is 0 Å². The number of hydrogen-bond donors (Lipinski definition) is 1. The summed E-state index contributed by atoms with van der Waals surface area (Å²) >= 11 is 5.83. The number of carbonyl (C=O) groups excluding carboxylic acids is 3. The normalized spacial score (nSPS) is 16.3. The van der Waals surface area contributed by atoms with Gasteiger partial charge < -0.3 is 19.7 Å². The van der Waals surface area contributed by atoms with Crippen LogP contribution in [0.5, 0.6) is 0 Å². The van der Waals surface area contributed by atoms with Crippen LogP contribution in [0.2, 0.25) is 5.02 Å². The summed E-state index contributed by atoms with van der Waals surface area (Å²) in [5.41, 5.74) is 0.393. The van der Waals surface area contributed by atoms with Crippen molar-refractivity contribution >= 4 is 29.4 Å². The van der Waals surface area contributed by atoms with Gasteiger partial charge in [-0.05, 0) is 30.2 Å². The van der Waals surface area contributed by atoms with E-state index < -0.39 is 17.9 Å². The molecule has 8 heteroatoms. The van der Waals surface area contributed by atoms with Crippen LogP contribution in [0.1, 0.15) is 30.6 Å². The number of hydrogen-bond acceptors (Lipinski definition) is 5. The highest BCUT2D eigenvalue weighted by molar-refractivity contribution is 6.30. The fourth-order valence-electron chi connectivity index (χ4n) is 2.62. The SMILES string of the molecule is CCC(C)C(NC(=O)c1ccc(Cl)cc1)C(=O)OCC(=O)N1CCOCC1. The Labute approximate surface area is 163 Å². The summed E-state index contributed by atoms with van der Waals surface area (Å²) in [6.07, 6.45) is 0.665. The second kappa shape index (κ2) is 10.3. The Morgan fingerprint density at radius 1 is 1.22 bits per heavy atom. The molecule has 1 heterocycles. The zero-order valence-electron chi connectivity index (χ0n) is 15.6. The van der Waals surface area contributed by atoms with Crippen molar-refractivity contribution in [1.82, 2.24) is 10.2 Å². The molecule has 0 aliphatic carbocycles. The number of ether oxygens (including phenoxy) is 2. The molecule has 0 bridgehead atoms. The average Bonchev–Trinajstić information content (AvgIpc) is 2.70. The minimum Gasteiger partial charge on any atom is -0.454 e. The topological polar surface area (TPSA) is 84.9 Å². The van der Waals surface area contributed by atoms with Crippen LogP contribution in [-0.4, -0.2) is 61.6 Å². The maximum absolute atomic E-state index is 12.5. The Morgan fingerprint density at radius 3 is 2.44 bits per heavy atom. The lowest BCUT2D eigenvalue weighted by Crippen LogP contribution is -2.47. The van der Waals surface area contributed by atoms with E-state index in [1.54, 1.807) is 29.2 Å². The highest BCUT2D eigenvalue weighted by Gasteiger charge is 2.29. The van der Waals surface area contributed by atoms with Gasteiger partial charge in [0.1, 0.15) is 6.04 Å². The Kier molecular flexibility index (Phi) is 8.06. The monoisotopic (exact) mass is 396 g/mol. The number of halogens is 1. The van der Waals surface area contributed by atoms with Gasteiger partial charge in [-0.25, -0.2) is 4.79 Å². The maximum Gasteiger partial charge on any atom is 0.329 e. The Hall–Kier alpha value is -2.12. The Morgan fingerprint density at radius 2 is 1.85 bits per heavy atom. The molecule has 0 spiro atoms. The van der Waals surface area contributed by atoms with Crippen molar-refractivity contribution in [3.05, 3.63) is 34.9 Å². The van der Waals surface area contributed by atoms with Crippen molar-refractivity contribution in [2.45, 2.75) is 26.3 Å². The van der Waals surface area contributed by atoms with Gasteiger partial charge in [-0.1, -0.05) is 31.9 Å². The predicted octanol–water partition coefficient (Wildman–Crippen LogP) is 1.89. The first-order valence-electron chi connectivity index (χ1n) is 9.01. The van der Waals surface area contributed by atoms with E-state index in [9.17, 15) is 14.4 Å². The molecule has 7 nitrogen and oxygen atoms in total. The third-order valence-corrected chi connectivity index (χ3v) is 4.81. The molecule has 0 radical (unpaired) electrons. The first kappa shape index (κ1) is 21.2. The summed E-state index contributed by atoms with van der Waals surface area (Å²) in [5, 5.41) is 3.22. The number of nitrogens with zero attached hydrogens (tertiary/aromatic N) is 1. The van der Waals surface area contributed by atoms with Gasteiger partial charge in [0, 0.05) is 23.7 Å². The van der Waals surface area contributed by atoms with E-state index in [-0.39, 0.29) is 18.4 Å². The van der Waals surface area contributed by atoms with E-state index in [2.05, 4.69) is 5.32 Å². The summed E-state index contributed by atoms with van der Waals surface area (Å²) in [7, 11) is 0. The van der Waals surface area contributed by atoms with Gasteiger partial charge in [-0.2, -0.15) is 0 Å². The summed E-state index contributed by atoms with van der Waals surface area (Å²) < 4.78 is 10.4. The highest BCUT2D eigenvalue weighted by Crippen LogP contribution is 2.13. The van der Waals surface area contributed by atoms with E-state index in [1.165, 1.54) is 0 Å². The fourth-order valence-corrected chi connectivity index (χ4v) is 2.75. The standard InChI is InChI=1S/C19H25ClN2O5/c1-3-13(2)17(21-18(24)14-4-6-15(20)7-5-14)19(25)27-12-16(23)22-8-10-26-11-9-22/h4-7,13,17H,3,8-12H2,1-2H3,(H,21,24). The van der Waals surface area contributed by atoms with E-state index in [0.717, 1.165) is 0 Å². The molecule has 2 amide bonds. The fraction of sp³-hybridized carbons (Fsp3) is 0.526. The zero-order valence-corrected chi connectivity index (χ0v) is 16.3. The zero-order chi connectivity index (χ0) is 19.8. The molecule has 0 saturated carbocycles. The molecular weight excluding hydrogens is 372 g/mol. The molecule has 1 aliphatic rings. The summed E-state index contributed by atoms with van der Waals surface area (Å²) in [4.78, 5) is 38.7. The highest BCUT2D eigenvalue weighted by atomic mass is 35.5. The minimum atomic E-state index is -0.837. The number of benzene rings is 1. The van der Waals surface area contributed by atoms with Crippen LogP contribution in [0.4, 0.5) is 0 Å². The van der Waals surface area contributed by atoms with Crippen LogP contribution in [0.3, 0.4) is 0 Å². The molecule has 27 heavy (non-hydrogen) atoms. The molecule has 2 rings (SSSR count). The van der Waals surface area contributed by atoms with Crippen molar-refractivity contribution in [1.29, 1.82) is 0 Å². The third-order valence-electron chi connectivity index (χ3n) is 4.56. The first-order chi connectivity index (χ1) is 12.9. The van der Waals surface area contributed by atoms with E-state index in [1.807, 2.05) is 13.8 Å². The van der Waals surface area contributed by atoms with Crippen molar-refractivity contribution in [3.63, 3.8) is 0 Å². The lowest BCUT2D eigenvalue weighted by atomic mass is 9.99. The second-order valence-corrected chi connectivity index (χ2v) is 6.88. The van der Waals surface area contributed by atoms with Crippen molar-refractivity contribution in [3.8, 4) is 0 Å². The number of carbonyl (C=O) groups is 3. The van der Waals surface area contributed by atoms with Crippen LogP contribution >= 0.6 is 11.6 Å². The van der Waals surface area contributed by atoms with Crippen molar-refractivity contribution < 1.29 is 23.9 Å². The average molecular weight is 397 g/mol. The first-order valence-corrected chi connectivity index (χ1v) is 9.38. The predicted molar refractivity (Wildman–Crippen MR) is 101 cm³/mol. The van der Waals surface area contributed by atoms with Crippen LogP contribution in [0.15, 0.2) is 24.3 Å². The number of nitrogens with one attached hydrogen (secondary N) is 1.